The van der Waals surface area contributed by atoms with Crippen molar-refractivity contribution in [2.45, 2.75) is 0 Å². The monoisotopic (exact) mass is 826 g/mol. The zero-order valence-corrected chi connectivity index (χ0v) is 35.2. The molecule has 0 fully saturated rings. The van der Waals surface area contributed by atoms with Gasteiger partial charge >= 0.3 is 0 Å². The van der Waals surface area contributed by atoms with Crippen LogP contribution in [0.5, 0.6) is 0 Å². The third-order valence-corrected chi connectivity index (χ3v) is 13.0. The SMILES string of the molecule is c1ccc(-c2ccc3c(-c4nc(-c5ccccc5)nc(-c5cccc6ccccc56)n4)cc(-c4ccccc4)c(-n4c5cc6ccccc6cc5c5cc6ccccc6cc54)c3c2)cc1. The van der Waals surface area contributed by atoms with Crippen molar-refractivity contribution in [3.05, 3.63) is 231 Å². The largest absolute Gasteiger partial charge is 0.308 e. The molecule has 0 atom stereocenters. The Morgan fingerprint density at radius 2 is 0.738 bits per heavy atom. The van der Waals surface area contributed by atoms with Gasteiger partial charge in [0.25, 0.3) is 0 Å². The van der Waals surface area contributed by atoms with Crippen LogP contribution in [-0.4, -0.2) is 19.5 Å². The summed E-state index contributed by atoms with van der Waals surface area (Å²) in [5.74, 6) is 1.87. The van der Waals surface area contributed by atoms with Gasteiger partial charge in [-0.2, -0.15) is 0 Å². The van der Waals surface area contributed by atoms with Crippen LogP contribution in [0.1, 0.15) is 0 Å². The maximum Gasteiger partial charge on any atom is 0.164 e. The van der Waals surface area contributed by atoms with E-state index in [9.17, 15) is 0 Å². The molecule has 11 aromatic carbocycles. The molecule has 0 amide bonds. The second-order valence-corrected chi connectivity index (χ2v) is 16.8. The Labute approximate surface area is 375 Å². The molecule has 0 radical (unpaired) electrons. The van der Waals surface area contributed by atoms with Crippen molar-refractivity contribution in [1.29, 1.82) is 0 Å². The van der Waals surface area contributed by atoms with Crippen LogP contribution < -0.4 is 0 Å². The molecule has 4 heteroatoms. The molecule has 2 aromatic heterocycles. The predicted octanol–water partition coefficient (Wildman–Crippen LogP) is 15.9. The Balaban J connectivity index is 1.20. The Morgan fingerprint density at radius 1 is 0.246 bits per heavy atom. The average Bonchev–Trinajstić information content (AvgIpc) is 3.68. The van der Waals surface area contributed by atoms with Crippen molar-refractivity contribution in [2.24, 2.45) is 0 Å². The van der Waals surface area contributed by atoms with E-state index in [1.54, 1.807) is 0 Å². The van der Waals surface area contributed by atoms with E-state index in [0.29, 0.717) is 17.5 Å². The minimum atomic E-state index is 0.613. The Hall–Kier alpha value is -8.73. The zero-order chi connectivity index (χ0) is 42.8. The highest BCUT2D eigenvalue weighted by atomic mass is 15.0. The summed E-state index contributed by atoms with van der Waals surface area (Å²) in [6.07, 6.45) is 0. The summed E-state index contributed by atoms with van der Waals surface area (Å²) in [5, 5.41) is 11.6. The van der Waals surface area contributed by atoms with Crippen molar-refractivity contribution in [3.8, 4) is 62.1 Å². The lowest BCUT2D eigenvalue weighted by atomic mass is 9.91. The molecule has 302 valence electrons. The van der Waals surface area contributed by atoms with Crippen molar-refractivity contribution >= 4 is 64.9 Å². The van der Waals surface area contributed by atoms with Crippen LogP contribution in [0.2, 0.25) is 0 Å². The predicted molar refractivity (Wildman–Crippen MR) is 271 cm³/mol. The summed E-state index contributed by atoms with van der Waals surface area (Å²) >= 11 is 0. The molecular weight excluding hydrogens is 789 g/mol. The first-order valence-electron chi connectivity index (χ1n) is 22.1. The first kappa shape index (κ1) is 36.9. The fourth-order valence-electron chi connectivity index (χ4n) is 9.87. The molecule has 13 aromatic rings. The van der Waals surface area contributed by atoms with E-state index in [0.717, 1.165) is 77.2 Å². The van der Waals surface area contributed by atoms with E-state index >= 15 is 0 Å². The standard InChI is InChI=1S/C61H38N4/c1-4-17-39(18-5-1)47-31-32-49-54(35-47)58(65-56-36-45-26-12-10-24-43(45)33-52(56)53-34-44-25-11-13-27-46(44)37-57(53)65)51(41-19-6-2-7-20-41)38-55(49)61-63-59(42-22-8-3-9-23-42)62-60(64-61)50-30-16-28-40-21-14-15-29-48(40)50/h1-38H. The number of rotatable bonds is 6. The van der Waals surface area contributed by atoms with Gasteiger partial charge < -0.3 is 4.57 Å². The van der Waals surface area contributed by atoms with E-state index in [-0.39, 0.29) is 0 Å². The highest BCUT2D eigenvalue weighted by molar-refractivity contribution is 6.19. The zero-order valence-electron chi connectivity index (χ0n) is 35.2. The van der Waals surface area contributed by atoms with Crippen LogP contribution in [0.15, 0.2) is 231 Å². The van der Waals surface area contributed by atoms with Gasteiger partial charge in [-0.1, -0.05) is 194 Å². The molecule has 4 nitrogen and oxygen atoms in total. The average molecular weight is 827 g/mol. The fourth-order valence-corrected chi connectivity index (χ4v) is 9.87. The summed E-state index contributed by atoms with van der Waals surface area (Å²) in [5.41, 5.74) is 10.7. The topological polar surface area (TPSA) is 43.6 Å². The lowest BCUT2D eigenvalue weighted by Crippen LogP contribution is -2.04. The van der Waals surface area contributed by atoms with Crippen LogP contribution >= 0.6 is 0 Å². The van der Waals surface area contributed by atoms with Gasteiger partial charge in [-0.25, -0.2) is 15.0 Å². The van der Waals surface area contributed by atoms with Gasteiger partial charge in [0, 0.05) is 38.4 Å². The molecule has 0 spiro atoms. The van der Waals surface area contributed by atoms with E-state index in [1.807, 2.05) is 18.2 Å². The molecule has 65 heavy (non-hydrogen) atoms. The lowest BCUT2D eigenvalue weighted by Gasteiger charge is -2.21. The Kier molecular flexibility index (Phi) is 8.50. The molecule has 0 aliphatic rings. The second-order valence-electron chi connectivity index (χ2n) is 16.8. The Bertz CT molecular complexity index is 3890. The van der Waals surface area contributed by atoms with Crippen molar-refractivity contribution < 1.29 is 0 Å². The minimum absolute atomic E-state index is 0.613. The molecule has 0 aliphatic carbocycles. The molecule has 0 N–H and O–H groups in total. The molecule has 13 rings (SSSR count). The quantitative estimate of drug-likeness (QED) is 0.168. The van der Waals surface area contributed by atoms with Gasteiger partial charge in [-0.05, 0) is 90.8 Å². The molecule has 0 bridgehead atoms. The molecule has 0 saturated carbocycles. The van der Waals surface area contributed by atoms with Crippen LogP contribution in [0.3, 0.4) is 0 Å². The minimum Gasteiger partial charge on any atom is -0.308 e. The van der Waals surface area contributed by atoms with E-state index < -0.39 is 0 Å². The summed E-state index contributed by atoms with van der Waals surface area (Å²) in [7, 11) is 0. The van der Waals surface area contributed by atoms with Crippen molar-refractivity contribution in [3.63, 3.8) is 0 Å². The highest BCUT2D eigenvalue weighted by Crippen LogP contribution is 2.46. The molecule has 2 heterocycles. The number of aromatic nitrogens is 4. The van der Waals surface area contributed by atoms with E-state index in [1.165, 1.54) is 32.3 Å². The number of nitrogens with zero attached hydrogens (tertiary/aromatic N) is 4. The molecule has 0 saturated heterocycles. The highest BCUT2D eigenvalue weighted by Gasteiger charge is 2.24. The lowest BCUT2D eigenvalue weighted by molar-refractivity contribution is 1.08. The smallest absolute Gasteiger partial charge is 0.164 e. The van der Waals surface area contributed by atoms with Gasteiger partial charge in [0.15, 0.2) is 17.5 Å². The summed E-state index contributed by atoms with van der Waals surface area (Å²) in [6, 6.07) is 82.6. The van der Waals surface area contributed by atoms with Crippen LogP contribution in [0.25, 0.3) is 127 Å². The van der Waals surface area contributed by atoms with Crippen LogP contribution in [0.4, 0.5) is 0 Å². The van der Waals surface area contributed by atoms with Gasteiger partial charge in [0.1, 0.15) is 0 Å². The van der Waals surface area contributed by atoms with Gasteiger partial charge in [0.05, 0.1) is 16.7 Å². The maximum atomic E-state index is 5.45. The van der Waals surface area contributed by atoms with Crippen molar-refractivity contribution in [2.75, 3.05) is 0 Å². The van der Waals surface area contributed by atoms with Crippen molar-refractivity contribution in [1.82, 2.24) is 19.5 Å². The first-order chi connectivity index (χ1) is 32.2. The first-order valence-corrected chi connectivity index (χ1v) is 22.1. The fraction of sp³-hybridized carbons (Fsp3) is 0. The number of fused-ring (bicyclic) bond motifs is 7. The van der Waals surface area contributed by atoms with Crippen LogP contribution in [0, 0.1) is 0 Å². The van der Waals surface area contributed by atoms with Crippen LogP contribution in [-0.2, 0) is 0 Å². The Morgan fingerprint density at radius 3 is 1.37 bits per heavy atom. The maximum absolute atomic E-state index is 5.45. The number of hydrogen-bond donors (Lipinski definition) is 0. The molecular formula is C61H38N4. The van der Waals surface area contributed by atoms with E-state index in [2.05, 4.69) is 217 Å². The molecule has 0 aliphatic heterocycles. The van der Waals surface area contributed by atoms with E-state index in [4.69, 9.17) is 15.0 Å². The number of benzene rings is 11. The molecule has 0 unspecified atom stereocenters. The normalized spacial score (nSPS) is 11.7. The summed E-state index contributed by atoms with van der Waals surface area (Å²) < 4.78 is 2.52. The van der Waals surface area contributed by atoms with Gasteiger partial charge in [-0.3, -0.25) is 0 Å². The third-order valence-electron chi connectivity index (χ3n) is 13.0. The third kappa shape index (κ3) is 6.18. The second kappa shape index (κ2) is 15.0. The summed E-state index contributed by atoms with van der Waals surface area (Å²) in [6.45, 7) is 0. The number of hydrogen-bond acceptors (Lipinski definition) is 3. The summed E-state index contributed by atoms with van der Waals surface area (Å²) in [4.78, 5) is 16.0. The van der Waals surface area contributed by atoms with Gasteiger partial charge in [0.2, 0.25) is 0 Å². The van der Waals surface area contributed by atoms with Gasteiger partial charge in [-0.15, -0.1) is 0 Å².